The van der Waals surface area contributed by atoms with Gasteiger partial charge in [0.25, 0.3) is 17.2 Å². The number of aliphatic hydroxyl groups excluding tert-OH is 2. The highest BCUT2D eigenvalue weighted by Crippen LogP contribution is 2.55. The summed E-state index contributed by atoms with van der Waals surface area (Å²) in [6, 6.07) is 1.54. The number of rotatable bonds is 7. The SMILES string of the molecule is CO[C@H]1/C=C/O[C@@]2(C)Oc3c(C)c(O)c4c(O)c(c(/C=N\N[C@H]5CCN(c6c(F)cn7c(=O)c(C)cc(C8CC8)c7c6C)C5)c(O)c4c3C2=O)NC(=O)/C(C)=C\C=C\[C@H](C)[C@H](O)[C@@H](C)[C@@H](O)[C@@H](C)[C@H](OC(C)=O)[C@@H]1C. The third kappa shape index (κ3) is 9.92. The number of carbonyl (C=O) groups excluding carboxylic acids is 3. The number of pyridine rings is 2. The molecule has 2 fully saturated rings. The Bertz CT molecular complexity index is 3160. The van der Waals surface area contributed by atoms with Gasteiger partial charge in [-0.05, 0) is 76.1 Å². The van der Waals surface area contributed by atoms with E-state index < -0.39 is 94.6 Å². The predicted molar refractivity (Wildman–Crippen MR) is 280 cm³/mol. The minimum absolute atomic E-state index is 0.00413. The molecule has 1 saturated heterocycles. The van der Waals surface area contributed by atoms with Crippen LogP contribution in [0.15, 0.2) is 58.3 Å². The molecule has 0 spiro atoms. The molecule has 18 nitrogen and oxygen atoms in total. The Labute approximate surface area is 434 Å². The zero-order chi connectivity index (χ0) is 54.7. The quantitative estimate of drug-likeness (QED) is 0.0318. The van der Waals surface area contributed by atoms with Gasteiger partial charge in [-0.1, -0.05) is 45.9 Å². The second-order valence-corrected chi connectivity index (χ2v) is 21.0. The molecule has 19 heteroatoms. The molecule has 2 aromatic carbocycles. The fraction of sp³-hybridized carbons (Fsp3) is 0.482. The monoisotopic (exact) mass is 1040 g/mol. The van der Waals surface area contributed by atoms with Crippen molar-refractivity contribution in [2.45, 2.75) is 131 Å². The van der Waals surface area contributed by atoms with Gasteiger partial charge >= 0.3 is 11.8 Å². The van der Waals surface area contributed by atoms with Crippen LogP contribution in [0.3, 0.4) is 0 Å². The van der Waals surface area contributed by atoms with Gasteiger partial charge < -0.3 is 60.1 Å². The summed E-state index contributed by atoms with van der Waals surface area (Å²) >= 11 is 0. The van der Waals surface area contributed by atoms with Crippen molar-refractivity contribution in [2.24, 2.45) is 28.8 Å². The van der Waals surface area contributed by atoms with E-state index in [1.807, 2.05) is 17.9 Å². The Morgan fingerprint density at radius 1 is 0.947 bits per heavy atom. The zero-order valence-electron chi connectivity index (χ0n) is 44.1. The van der Waals surface area contributed by atoms with Gasteiger partial charge in [-0.3, -0.25) is 23.6 Å². The van der Waals surface area contributed by atoms with Crippen LogP contribution in [0.5, 0.6) is 23.0 Å². The van der Waals surface area contributed by atoms with Crippen molar-refractivity contribution in [3.63, 3.8) is 0 Å². The number of phenolic OH excluding ortho intramolecular Hbond substituents is 3. The summed E-state index contributed by atoms with van der Waals surface area (Å²) in [5.41, 5.74) is 5.33. The number of amides is 1. The molecule has 0 unspecified atom stereocenters. The summed E-state index contributed by atoms with van der Waals surface area (Å²) in [6.07, 6.45) is 8.17. The standard InChI is InChI=1S/C56H68FN5O13/c1-25-13-12-14-26(2)54(70)59-43-37(22-58-60-35-17-19-61(23-35)45-29(5)44-36(34-15-16-34)21-27(3)55(71)62(44)24-38(45)57)49(67)40-41(50(43)68)48(66)32(8)52-42(40)53(69)56(10,75-52)73-20-18-39(72-11)28(4)51(74-33(9)63)31(7)47(65)30(6)46(25)64/h12-14,18,20-22,24-25,28,30-31,34-35,39,46-47,51,60,64-68H,15-17,19,23H2,1-11H3,(H,59,70)/b13-12+,20-18+,26-14-,58-22-/t25-,28+,30+,31+,35-,39-,46-,47+,51+,56-/m0/s1. The Hall–Kier alpha value is -6.96. The number of benzene rings is 2. The van der Waals surface area contributed by atoms with E-state index in [0.29, 0.717) is 47.8 Å². The molecule has 1 saturated carbocycles. The number of esters is 1. The molecule has 1 amide bonds. The van der Waals surface area contributed by atoms with Gasteiger partial charge in [-0.15, -0.1) is 0 Å². The van der Waals surface area contributed by atoms with Gasteiger partial charge in [0.2, 0.25) is 0 Å². The van der Waals surface area contributed by atoms with Crippen molar-refractivity contribution in [1.29, 1.82) is 0 Å². The molecule has 6 heterocycles. The van der Waals surface area contributed by atoms with E-state index in [-0.39, 0.29) is 56.1 Å². The van der Waals surface area contributed by atoms with Gasteiger partial charge in [0.15, 0.2) is 11.6 Å². The van der Waals surface area contributed by atoms with Crippen molar-refractivity contribution >= 4 is 51.5 Å². The number of nitrogens with zero attached hydrogens (tertiary/aromatic N) is 3. The first-order valence-electron chi connectivity index (χ1n) is 25.4. The number of aryl methyl sites for hydroxylation is 2. The summed E-state index contributed by atoms with van der Waals surface area (Å²) in [4.78, 5) is 56.2. The normalized spacial score (nSPS) is 29.3. The zero-order valence-corrected chi connectivity index (χ0v) is 44.1. The smallest absolute Gasteiger partial charge is 0.312 e. The van der Waals surface area contributed by atoms with Gasteiger partial charge in [-0.25, -0.2) is 4.39 Å². The van der Waals surface area contributed by atoms with Crippen LogP contribution < -0.4 is 25.9 Å². The number of carbonyl (C=O) groups is 3. The van der Waals surface area contributed by atoms with Crippen LogP contribution >= 0.6 is 0 Å². The van der Waals surface area contributed by atoms with Crippen molar-refractivity contribution in [3.8, 4) is 23.0 Å². The summed E-state index contributed by atoms with van der Waals surface area (Å²) in [5, 5.41) is 65.8. The molecule has 5 bridgehead atoms. The Morgan fingerprint density at radius 2 is 1.65 bits per heavy atom. The Kier molecular flexibility index (Phi) is 15.2. The first kappa shape index (κ1) is 54.3. The van der Waals surface area contributed by atoms with Crippen LogP contribution in [0.1, 0.15) is 112 Å². The lowest BCUT2D eigenvalue weighted by molar-refractivity contribution is -0.160. The molecule has 402 valence electrons. The molecule has 1 aliphatic carbocycles. The number of allylic oxidation sites excluding steroid dienone is 2. The molecule has 0 radical (unpaired) electrons. The number of hydrogen-bond acceptors (Lipinski definition) is 16. The topological polar surface area (TPSA) is 250 Å². The number of anilines is 2. The largest absolute Gasteiger partial charge is 0.507 e. The maximum Gasteiger partial charge on any atom is 0.312 e. The highest BCUT2D eigenvalue weighted by molar-refractivity contribution is 6.24. The van der Waals surface area contributed by atoms with Gasteiger partial charge in [0, 0.05) is 79.8 Å². The van der Waals surface area contributed by atoms with Gasteiger partial charge in [0.1, 0.15) is 23.4 Å². The fourth-order valence-electron chi connectivity index (χ4n) is 11.0. The second-order valence-electron chi connectivity index (χ2n) is 21.0. The summed E-state index contributed by atoms with van der Waals surface area (Å²) in [6.45, 7) is 16.6. The van der Waals surface area contributed by atoms with E-state index in [1.54, 1.807) is 46.8 Å². The third-order valence-electron chi connectivity index (χ3n) is 15.6. The number of methoxy groups -OCH3 is 1. The first-order chi connectivity index (χ1) is 35.4. The molecule has 2 aromatic heterocycles. The third-order valence-corrected chi connectivity index (χ3v) is 15.6. The van der Waals surface area contributed by atoms with Crippen LogP contribution in [0.2, 0.25) is 0 Å². The Morgan fingerprint density at radius 3 is 2.32 bits per heavy atom. The van der Waals surface area contributed by atoms with Crippen LogP contribution in [-0.2, 0) is 23.8 Å². The van der Waals surface area contributed by atoms with E-state index in [2.05, 4.69) is 15.8 Å². The molecule has 5 aliphatic rings. The second kappa shape index (κ2) is 21.0. The van der Waals surface area contributed by atoms with E-state index in [9.17, 15) is 44.7 Å². The molecule has 7 N–H and O–H groups in total. The summed E-state index contributed by atoms with van der Waals surface area (Å²) in [5.74, 6) is -9.29. The van der Waals surface area contributed by atoms with E-state index >= 15 is 4.39 Å². The highest BCUT2D eigenvalue weighted by Gasteiger charge is 2.50. The van der Waals surface area contributed by atoms with Crippen molar-refractivity contribution in [1.82, 2.24) is 9.83 Å². The average molecular weight is 1040 g/mol. The maximum atomic E-state index is 16.1. The van der Waals surface area contributed by atoms with Crippen molar-refractivity contribution < 1.29 is 63.3 Å². The molecular weight excluding hydrogens is 970 g/mol. The average Bonchev–Trinajstić information content (AvgIpc) is 4.06. The minimum Gasteiger partial charge on any atom is -0.507 e. The fourth-order valence-corrected chi connectivity index (χ4v) is 11.0. The number of aromatic nitrogens is 1. The number of ketones is 1. The van der Waals surface area contributed by atoms with Crippen LogP contribution in [-0.4, -0.2) is 110 Å². The van der Waals surface area contributed by atoms with E-state index in [0.717, 1.165) is 24.6 Å². The number of aliphatic hydroxyl groups is 2. The number of nitrogens with one attached hydrogen (secondary N) is 2. The lowest BCUT2D eigenvalue weighted by Gasteiger charge is -2.38. The number of hydrogen-bond donors (Lipinski definition) is 7. The molecule has 4 aliphatic heterocycles. The summed E-state index contributed by atoms with van der Waals surface area (Å²) in [7, 11) is 1.42. The molecule has 9 rings (SSSR count). The highest BCUT2D eigenvalue weighted by atomic mass is 19.1. The van der Waals surface area contributed by atoms with Crippen molar-refractivity contribution in [3.05, 3.63) is 98.0 Å². The molecule has 75 heavy (non-hydrogen) atoms. The maximum absolute atomic E-state index is 16.1. The van der Waals surface area contributed by atoms with Gasteiger partial charge in [-0.2, -0.15) is 5.10 Å². The lowest BCUT2D eigenvalue weighted by atomic mass is 9.78. The van der Waals surface area contributed by atoms with Crippen molar-refractivity contribution in [2.75, 3.05) is 30.4 Å². The number of phenols is 3. The van der Waals surface area contributed by atoms with E-state index in [4.69, 9.17) is 18.9 Å². The van der Waals surface area contributed by atoms with Gasteiger partial charge in [0.05, 0.1) is 76.4 Å². The number of fused-ring (bicyclic) bond motifs is 15. The predicted octanol–water partition coefficient (Wildman–Crippen LogP) is 7.20. The minimum atomic E-state index is -2.12. The van der Waals surface area contributed by atoms with Crippen LogP contribution in [0.4, 0.5) is 15.8 Å². The number of halogens is 1. The summed E-state index contributed by atoms with van der Waals surface area (Å²) < 4.78 is 41.3. The number of Topliss-reactive ketones (excluding diaryl/α,β-unsaturated/α-hetero) is 1. The number of aromatic hydroxyl groups is 3. The number of ether oxygens (including phenoxy) is 4. The Balaban J connectivity index is 1.19. The number of hydrazone groups is 1. The molecule has 4 aromatic rings. The van der Waals surface area contributed by atoms with Crippen LogP contribution in [0, 0.1) is 50.3 Å². The van der Waals surface area contributed by atoms with Crippen LogP contribution in [0.25, 0.3) is 16.3 Å². The molecule has 10 atom stereocenters. The lowest BCUT2D eigenvalue weighted by Crippen LogP contribution is -2.46. The first-order valence-corrected chi connectivity index (χ1v) is 25.4. The molecular formula is C56H68FN5O13. The van der Waals surface area contributed by atoms with E-state index in [1.165, 1.54) is 63.8 Å².